The van der Waals surface area contributed by atoms with Crippen molar-refractivity contribution in [2.75, 3.05) is 17.7 Å². The lowest BCUT2D eigenvalue weighted by Crippen LogP contribution is -1.97. The molecule has 2 aromatic rings. The fraction of sp³-hybridized carbons (Fsp3) is 0.143. The van der Waals surface area contributed by atoms with Crippen molar-refractivity contribution in [2.45, 2.75) is 6.42 Å². The SMILES string of the molecule is Nc1cccc(Cl)c1Nc1ccc2c(c1)CCO2. The Morgan fingerprint density at radius 3 is 2.94 bits per heavy atom. The molecule has 0 saturated heterocycles. The molecule has 92 valence electrons. The highest BCUT2D eigenvalue weighted by atomic mass is 35.5. The number of anilines is 3. The van der Waals surface area contributed by atoms with Crippen LogP contribution in [0.3, 0.4) is 0 Å². The molecule has 3 nitrogen and oxygen atoms in total. The maximum atomic E-state index is 6.13. The third-order valence-electron chi connectivity index (χ3n) is 3.00. The molecule has 0 radical (unpaired) electrons. The molecule has 0 saturated carbocycles. The van der Waals surface area contributed by atoms with Gasteiger partial charge in [-0.2, -0.15) is 0 Å². The van der Waals surface area contributed by atoms with Gasteiger partial charge in [-0.05, 0) is 35.9 Å². The van der Waals surface area contributed by atoms with Crippen LogP contribution < -0.4 is 15.8 Å². The van der Waals surface area contributed by atoms with E-state index in [1.807, 2.05) is 30.3 Å². The molecule has 0 atom stereocenters. The predicted octanol–water partition coefficient (Wildman–Crippen LogP) is 3.60. The third kappa shape index (κ3) is 1.97. The second-order valence-corrected chi connectivity index (χ2v) is 4.66. The number of nitrogen functional groups attached to an aromatic ring is 1. The molecule has 0 fully saturated rings. The summed E-state index contributed by atoms with van der Waals surface area (Å²) in [4.78, 5) is 0. The highest BCUT2D eigenvalue weighted by Gasteiger charge is 2.12. The maximum Gasteiger partial charge on any atom is 0.122 e. The Kier molecular flexibility index (Phi) is 2.76. The molecule has 3 rings (SSSR count). The van der Waals surface area contributed by atoms with E-state index < -0.39 is 0 Å². The van der Waals surface area contributed by atoms with Gasteiger partial charge >= 0.3 is 0 Å². The van der Waals surface area contributed by atoms with Crippen molar-refractivity contribution >= 4 is 28.7 Å². The van der Waals surface area contributed by atoms with E-state index >= 15 is 0 Å². The van der Waals surface area contributed by atoms with Crippen LogP contribution >= 0.6 is 11.6 Å². The van der Waals surface area contributed by atoms with Gasteiger partial charge in [0.05, 0.1) is 23.0 Å². The summed E-state index contributed by atoms with van der Waals surface area (Å²) in [5.41, 5.74) is 9.48. The van der Waals surface area contributed by atoms with Gasteiger partial charge in [0.1, 0.15) is 5.75 Å². The summed E-state index contributed by atoms with van der Waals surface area (Å²) in [6.45, 7) is 0.757. The molecule has 0 bridgehead atoms. The molecule has 3 N–H and O–H groups in total. The van der Waals surface area contributed by atoms with Crippen LogP contribution in [0.15, 0.2) is 36.4 Å². The van der Waals surface area contributed by atoms with Crippen molar-refractivity contribution < 1.29 is 4.74 Å². The van der Waals surface area contributed by atoms with E-state index in [2.05, 4.69) is 11.4 Å². The van der Waals surface area contributed by atoms with Crippen molar-refractivity contribution in [1.29, 1.82) is 0 Å². The first kappa shape index (κ1) is 11.2. The van der Waals surface area contributed by atoms with Crippen LogP contribution in [0.25, 0.3) is 0 Å². The molecule has 1 aliphatic heterocycles. The summed E-state index contributed by atoms with van der Waals surface area (Å²) in [7, 11) is 0. The van der Waals surface area contributed by atoms with Crippen LogP contribution in [0.4, 0.5) is 17.1 Å². The second-order valence-electron chi connectivity index (χ2n) is 4.25. The topological polar surface area (TPSA) is 47.3 Å². The van der Waals surface area contributed by atoms with E-state index in [4.69, 9.17) is 22.1 Å². The number of benzene rings is 2. The number of rotatable bonds is 2. The number of nitrogens with two attached hydrogens (primary N) is 1. The van der Waals surface area contributed by atoms with Crippen LogP contribution in [-0.4, -0.2) is 6.61 Å². The molecule has 1 heterocycles. The molecule has 2 aromatic carbocycles. The van der Waals surface area contributed by atoms with Crippen molar-refractivity contribution in [1.82, 2.24) is 0 Å². The van der Waals surface area contributed by atoms with E-state index in [9.17, 15) is 0 Å². The van der Waals surface area contributed by atoms with Gasteiger partial charge in [-0.15, -0.1) is 0 Å². The number of ether oxygens (including phenoxy) is 1. The molecule has 0 spiro atoms. The second kappa shape index (κ2) is 4.42. The van der Waals surface area contributed by atoms with Gasteiger partial charge < -0.3 is 15.8 Å². The maximum absolute atomic E-state index is 6.13. The fourth-order valence-corrected chi connectivity index (χ4v) is 2.31. The lowest BCUT2D eigenvalue weighted by Gasteiger charge is -2.11. The Morgan fingerprint density at radius 2 is 2.11 bits per heavy atom. The van der Waals surface area contributed by atoms with Gasteiger partial charge in [-0.1, -0.05) is 17.7 Å². The van der Waals surface area contributed by atoms with E-state index in [0.29, 0.717) is 10.7 Å². The lowest BCUT2D eigenvalue weighted by molar-refractivity contribution is 0.357. The van der Waals surface area contributed by atoms with Crippen LogP contribution in [0.5, 0.6) is 5.75 Å². The fourth-order valence-electron chi connectivity index (χ4n) is 2.08. The number of para-hydroxylation sites is 1. The largest absolute Gasteiger partial charge is 0.493 e. The van der Waals surface area contributed by atoms with E-state index in [-0.39, 0.29) is 0 Å². The Bertz CT molecular complexity index is 578. The molecule has 0 aromatic heterocycles. The van der Waals surface area contributed by atoms with E-state index in [1.54, 1.807) is 0 Å². The minimum atomic E-state index is 0.617. The third-order valence-corrected chi connectivity index (χ3v) is 3.32. The van der Waals surface area contributed by atoms with E-state index in [1.165, 1.54) is 5.56 Å². The molecule has 4 heteroatoms. The number of hydrogen-bond acceptors (Lipinski definition) is 3. The monoisotopic (exact) mass is 260 g/mol. The zero-order valence-corrected chi connectivity index (χ0v) is 10.5. The Hall–Kier alpha value is -1.87. The summed E-state index contributed by atoms with van der Waals surface area (Å²) in [5, 5.41) is 3.88. The summed E-state index contributed by atoms with van der Waals surface area (Å²) in [6, 6.07) is 11.5. The lowest BCUT2D eigenvalue weighted by atomic mass is 10.1. The van der Waals surface area contributed by atoms with Gasteiger partial charge in [-0.25, -0.2) is 0 Å². The van der Waals surface area contributed by atoms with Crippen LogP contribution in [0, 0.1) is 0 Å². The molecular formula is C14H13ClN2O. The molecule has 0 amide bonds. The zero-order chi connectivity index (χ0) is 12.5. The van der Waals surface area contributed by atoms with Gasteiger partial charge in [0.2, 0.25) is 0 Å². The highest BCUT2D eigenvalue weighted by Crippen LogP contribution is 2.33. The minimum Gasteiger partial charge on any atom is -0.493 e. The van der Waals surface area contributed by atoms with Crippen molar-refractivity contribution in [2.24, 2.45) is 0 Å². The van der Waals surface area contributed by atoms with Gasteiger partial charge in [0.25, 0.3) is 0 Å². The van der Waals surface area contributed by atoms with Crippen molar-refractivity contribution in [3.63, 3.8) is 0 Å². The summed E-state index contributed by atoms with van der Waals surface area (Å²) in [5.74, 6) is 0.965. The number of fused-ring (bicyclic) bond motifs is 1. The van der Waals surface area contributed by atoms with Gasteiger partial charge in [0, 0.05) is 12.1 Å². The summed E-state index contributed by atoms with van der Waals surface area (Å²) < 4.78 is 5.47. The highest BCUT2D eigenvalue weighted by molar-refractivity contribution is 6.34. The smallest absolute Gasteiger partial charge is 0.122 e. The van der Waals surface area contributed by atoms with Crippen molar-refractivity contribution in [3.8, 4) is 5.75 Å². The Morgan fingerprint density at radius 1 is 1.22 bits per heavy atom. The average molecular weight is 261 g/mol. The minimum absolute atomic E-state index is 0.617. The standard InChI is InChI=1S/C14H13ClN2O/c15-11-2-1-3-12(16)14(11)17-10-4-5-13-9(8-10)6-7-18-13/h1-5,8,17H,6-7,16H2. The van der Waals surface area contributed by atoms with Gasteiger partial charge in [0.15, 0.2) is 0 Å². The normalized spacial score (nSPS) is 12.9. The molecule has 1 aliphatic rings. The molecular weight excluding hydrogens is 248 g/mol. The van der Waals surface area contributed by atoms with Crippen molar-refractivity contribution in [3.05, 3.63) is 47.0 Å². The molecule has 0 unspecified atom stereocenters. The number of nitrogens with one attached hydrogen (secondary N) is 1. The molecule has 0 aliphatic carbocycles. The van der Waals surface area contributed by atoms with Crippen LogP contribution in [0.1, 0.15) is 5.56 Å². The number of halogens is 1. The van der Waals surface area contributed by atoms with Gasteiger partial charge in [-0.3, -0.25) is 0 Å². The van der Waals surface area contributed by atoms with Crippen LogP contribution in [-0.2, 0) is 6.42 Å². The number of hydrogen-bond donors (Lipinski definition) is 2. The average Bonchev–Trinajstić information content (AvgIpc) is 2.81. The first-order chi connectivity index (χ1) is 8.74. The first-order valence-corrected chi connectivity index (χ1v) is 6.18. The predicted molar refractivity (Wildman–Crippen MR) is 74.8 cm³/mol. The molecule has 18 heavy (non-hydrogen) atoms. The Labute approximate surface area is 111 Å². The zero-order valence-electron chi connectivity index (χ0n) is 9.74. The first-order valence-electron chi connectivity index (χ1n) is 5.81. The Balaban J connectivity index is 1.93. The summed E-state index contributed by atoms with van der Waals surface area (Å²) >= 11 is 6.13. The van der Waals surface area contributed by atoms with Crippen LogP contribution in [0.2, 0.25) is 5.02 Å². The van der Waals surface area contributed by atoms with E-state index in [0.717, 1.165) is 30.2 Å². The summed E-state index contributed by atoms with van der Waals surface area (Å²) in [6.07, 6.45) is 0.947. The quantitative estimate of drug-likeness (QED) is 0.811.